The van der Waals surface area contributed by atoms with E-state index in [9.17, 15) is 4.79 Å². The predicted octanol–water partition coefficient (Wildman–Crippen LogP) is 4.17. The van der Waals surface area contributed by atoms with Crippen LogP contribution in [0.5, 0.6) is 0 Å². The summed E-state index contributed by atoms with van der Waals surface area (Å²) in [5.74, 6) is 0.764. The Morgan fingerprint density at radius 1 is 1.08 bits per heavy atom. The van der Waals surface area contributed by atoms with E-state index in [0.29, 0.717) is 28.0 Å². The highest BCUT2D eigenvalue weighted by Crippen LogP contribution is 2.66. The second kappa shape index (κ2) is 7.43. The van der Waals surface area contributed by atoms with Gasteiger partial charge in [-0.25, -0.2) is 4.79 Å². The first-order chi connectivity index (χ1) is 12.1. The zero-order valence-electron chi connectivity index (χ0n) is 17.7. The molecule has 3 atom stereocenters. The van der Waals surface area contributed by atoms with Gasteiger partial charge in [-0.3, -0.25) is 0 Å². The third-order valence-corrected chi connectivity index (χ3v) is 8.14. The fourth-order valence-corrected chi connectivity index (χ4v) is 5.66. The van der Waals surface area contributed by atoms with Gasteiger partial charge in [-0.05, 0) is 61.7 Å². The van der Waals surface area contributed by atoms with Gasteiger partial charge in [-0.15, -0.1) is 0 Å². The molecule has 0 heterocycles. The molecule has 3 aliphatic carbocycles. The Hall–Kier alpha value is -0.610. The normalized spacial score (nSPS) is 34.2. The monoisotopic (exact) mass is 366 g/mol. The average molecular weight is 367 g/mol. The Bertz CT molecular complexity index is 510. The maximum atomic E-state index is 12.3. The Balaban J connectivity index is 1.42. The number of ether oxygens (including phenoxy) is 2. The van der Waals surface area contributed by atoms with Crippen LogP contribution >= 0.6 is 0 Å². The molecule has 0 aliphatic heterocycles. The van der Waals surface area contributed by atoms with Gasteiger partial charge in [0.25, 0.3) is 0 Å². The molecular formula is C22H40NO3+. The Morgan fingerprint density at radius 3 is 2.35 bits per heavy atom. The molecule has 0 unspecified atom stereocenters. The van der Waals surface area contributed by atoms with E-state index in [4.69, 9.17) is 9.47 Å². The minimum absolute atomic E-state index is 0.0464. The molecule has 3 saturated carbocycles. The minimum atomic E-state index is -0.0464. The van der Waals surface area contributed by atoms with Crippen LogP contribution in [-0.2, 0) is 14.3 Å². The maximum absolute atomic E-state index is 12.3. The summed E-state index contributed by atoms with van der Waals surface area (Å²) in [6.45, 7) is 9.30. The molecule has 3 aliphatic rings. The SMILES string of the molecule is CC1(C)[C@H]2CC[C@]1(C)[C@H](OCC[N+](C)(C)CC(=O)OC1CCCCC1)C2. The Labute approximate surface area is 160 Å². The number of esters is 1. The summed E-state index contributed by atoms with van der Waals surface area (Å²) < 4.78 is 12.7. The topological polar surface area (TPSA) is 35.5 Å². The van der Waals surface area contributed by atoms with Gasteiger partial charge < -0.3 is 14.0 Å². The van der Waals surface area contributed by atoms with E-state index in [1.165, 1.54) is 38.5 Å². The third kappa shape index (κ3) is 3.96. The molecule has 0 radical (unpaired) electrons. The van der Waals surface area contributed by atoms with E-state index < -0.39 is 0 Å². The summed E-state index contributed by atoms with van der Waals surface area (Å²) >= 11 is 0. The lowest BCUT2D eigenvalue weighted by atomic mass is 9.70. The molecule has 4 nitrogen and oxygen atoms in total. The van der Waals surface area contributed by atoms with Crippen molar-refractivity contribution in [3.05, 3.63) is 0 Å². The van der Waals surface area contributed by atoms with E-state index in [2.05, 4.69) is 34.9 Å². The van der Waals surface area contributed by atoms with Crippen LogP contribution < -0.4 is 0 Å². The molecule has 4 heteroatoms. The van der Waals surface area contributed by atoms with Gasteiger partial charge in [-0.1, -0.05) is 27.2 Å². The number of carbonyl (C=O) groups excluding carboxylic acids is 1. The van der Waals surface area contributed by atoms with Gasteiger partial charge in [-0.2, -0.15) is 0 Å². The molecular weight excluding hydrogens is 326 g/mol. The van der Waals surface area contributed by atoms with Gasteiger partial charge in [0.2, 0.25) is 0 Å². The molecule has 0 amide bonds. The lowest BCUT2D eigenvalue weighted by molar-refractivity contribution is -0.883. The maximum Gasteiger partial charge on any atom is 0.362 e. The van der Waals surface area contributed by atoms with Crippen LogP contribution in [0, 0.1) is 16.7 Å². The molecule has 26 heavy (non-hydrogen) atoms. The second-order valence-electron chi connectivity index (χ2n) is 10.5. The van der Waals surface area contributed by atoms with Crippen molar-refractivity contribution in [3.8, 4) is 0 Å². The van der Waals surface area contributed by atoms with Crippen LogP contribution in [0.3, 0.4) is 0 Å². The standard InChI is InChI=1S/C22H40NO3/c1-21(2)17-11-12-22(21,3)19(15-17)25-14-13-23(4,5)16-20(24)26-18-9-7-6-8-10-18/h17-19H,6-16H2,1-5H3/q+1/t17-,19+,22+/m0/s1. The summed E-state index contributed by atoms with van der Waals surface area (Å²) in [7, 11) is 4.22. The minimum Gasteiger partial charge on any atom is -0.458 e. The summed E-state index contributed by atoms with van der Waals surface area (Å²) in [5, 5.41) is 0. The average Bonchev–Trinajstić information content (AvgIpc) is 2.88. The van der Waals surface area contributed by atoms with Gasteiger partial charge in [0.05, 0.1) is 26.8 Å². The van der Waals surface area contributed by atoms with Gasteiger partial charge in [0.1, 0.15) is 12.6 Å². The van der Waals surface area contributed by atoms with Crippen molar-refractivity contribution in [1.82, 2.24) is 0 Å². The number of nitrogens with zero attached hydrogens (tertiary/aromatic N) is 1. The summed E-state index contributed by atoms with van der Waals surface area (Å²) in [6.07, 6.45) is 10.2. The zero-order valence-corrected chi connectivity index (χ0v) is 17.7. The van der Waals surface area contributed by atoms with Crippen molar-refractivity contribution in [2.45, 2.75) is 84.3 Å². The van der Waals surface area contributed by atoms with Crippen LogP contribution in [0.25, 0.3) is 0 Å². The van der Waals surface area contributed by atoms with Crippen LogP contribution in [0.1, 0.15) is 72.1 Å². The predicted molar refractivity (Wildman–Crippen MR) is 104 cm³/mol. The molecule has 3 fully saturated rings. The lowest BCUT2D eigenvalue weighted by Gasteiger charge is -2.39. The summed E-state index contributed by atoms with van der Waals surface area (Å²) in [5.41, 5.74) is 0.709. The number of hydrogen-bond acceptors (Lipinski definition) is 3. The third-order valence-electron chi connectivity index (χ3n) is 8.14. The van der Waals surface area contributed by atoms with E-state index in [0.717, 1.165) is 31.9 Å². The molecule has 0 N–H and O–H groups in total. The van der Waals surface area contributed by atoms with Crippen molar-refractivity contribution in [3.63, 3.8) is 0 Å². The Morgan fingerprint density at radius 2 is 1.77 bits per heavy atom. The fourth-order valence-electron chi connectivity index (χ4n) is 5.66. The second-order valence-corrected chi connectivity index (χ2v) is 10.5. The summed E-state index contributed by atoms with van der Waals surface area (Å²) in [6, 6.07) is 0. The van der Waals surface area contributed by atoms with Crippen molar-refractivity contribution in [2.75, 3.05) is 33.8 Å². The molecule has 2 bridgehead atoms. The number of carbonyl (C=O) groups is 1. The molecule has 0 aromatic heterocycles. The van der Waals surface area contributed by atoms with Crippen LogP contribution in [0.15, 0.2) is 0 Å². The zero-order chi connectivity index (χ0) is 19.0. The molecule has 0 saturated heterocycles. The first-order valence-electron chi connectivity index (χ1n) is 10.8. The van der Waals surface area contributed by atoms with E-state index in [1.54, 1.807) is 0 Å². The van der Waals surface area contributed by atoms with Crippen molar-refractivity contribution in [2.24, 2.45) is 16.7 Å². The molecule has 0 aromatic rings. The van der Waals surface area contributed by atoms with Gasteiger partial charge in [0, 0.05) is 0 Å². The Kier molecular flexibility index (Phi) is 5.75. The van der Waals surface area contributed by atoms with E-state index in [-0.39, 0.29) is 12.1 Å². The molecule has 3 rings (SSSR count). The van der Waals surface area contributed by atoms with Gasteiger partial charge in [0.15, 0.2) is 6.54 Å². The fraction of sp³-hybridized carbons (Fsp3) is 0.955. The number of quaternary nitrogens is 1. The highest BCUT2D eigenvalue weighted by atomic mass is 16.5. The van der Waals surface area contributed by atoms with Crippen LogP contribution in [0.2, 0.25) is 0 Å². The highest BCUT2D eigenvalue weighted by molar-refractivity contribution is 5.70. The van der Waals surface area contributed by atoms with Gasteiger partial charge >= 0.3 is 5.97 Å². The van der Waals surface area contributed by atoms with Crippen LogP contribution in [-0.4, -0.2) is 56.5 Å². The largest absolute Gasteiger partial charge is 0.458 e. The van der Waals surface area contributed by atoms with Crippen molar-refractivity contribution >= 4 is 5.97 Å². The number of rotatable bonds is 7. The number of likely N-dealkylation sites (N-methyl/N-ethyl adjacent to an activating group) is 1. The van der Waals surface area contributed by atoms with E-state index in [1.807, 2.05) is 0 Å². The molecule has 0 spiro atoms. The lowest BCUT2D eigenvalue weighted by Crippen LogP contribution is -2.48. The van der Waals surface area contributed by atoms with E-state index >= 15 is 0 Å². The molecule has 0 aromatic carbocycles. The number of fused-ring (bicyclic) bond motifs is 2. The highest BCUT2D eigenvalue weighted by Gasteiger charge is 2.61. The van der Waals surface area contributed by atoms with Crippen LogP contribution in [0.4, 0.5) is 0 Å². The number of hydrogen-bond donors (Lipinski definition) is 0. The smallest absolute Gasteiger partial charge is 0.362 e. The first-order valence-corrected chi connectivity index (χ1v) is 10.8. The molecule has 150 valence electrons. The quantitative estimate of drug-likeness (QED) is 0.501. The van der Waals surface area contributed by atoms with Crippen molar-refractivity contribution in [1.29, 1.82) is 0 Å². The summed E-state index contributed by atoms with van der Waals surface area (Å²) in [4.78, 5) is 12.3. The van der Waals surface area contributed by atoms with Crippen molar-refractivity contribution < 1.29 is 18.8 Å². The first kappa shape index (κ1) is 20.1.